The highest BCUT2D eigenvalue weighted by Crippen LogP contribution is 2.42. The van der Waals surface area contributed by atoms with Gasteiger partial charge in [-0.15, -0.1) is 0 Å². The summed E-state index contributed by atoms with van der Waals surface area (Å²) in [6, 6.07) is 6.71. The Kier molecular flexibility index (Phi) is 5.79. The third-order valence-electron chi connectivity index (χ3n) is 5.90. The number of aryl methyl sites for hydroxylation is 2. The zero-order chi connectivity index (χ0) is 19.6. The summed E-state index contributed by atoms with van der Waals surface area (Å²) in [7, 11) is 0. The Morgan fingerprint density at radius 2 is 1.93 bits per heavy atom. The molecule has 27 heavy (non-hydrogen) atoms. The Morgan fingerprint density at radius 1 is 1.15 bits per heavy atom. The maximum Gasteiger partial charge on any atom is 0.129 e. The Morgan fingerprint density at radius 3 is 2.63 bits per heavy atom. The molecule has 0 saturated heterocycles. The number of allylic oxidation sites excluding steroid dienone is 8. The zero-order valence-corrected chi connectivity index (χ0v) is 16.9. The normalized spacial score (nSPS) is 21.0. The first-order chi connectivity index (χ1) is 12.8. The molecule has 0 radical (unpaired) electrons. The summed E-state index contributed by atoms with van der Waals surface area (Å²) in [5.74, 6) is 0.603. The van der Waals surface area contributed by atoms with Crippen LogP contribution in [-0.2, 0) is 4.79 Å². The van der Waals surface area contributed by atoms with E-state index in [-0.39, 0.29) is 5.78 Å². The number of carbonyl (C=O) groups is 1. The summed E-state index contributed by atoms with van der Waals surface area (Å²) in [5, 5.41) is 0. The van der Waals surface area contributed by atoms with E-state index in [1.54, 1.807) is 6.92 Å². The second kappa shape index (κ2) is 8.08. The SMILES string of the molecule is C=C1C/C(=C\C2=CC=C(c3ccc(C)c(C)c3)C2)C(=C)C1CCCC(C)=O. The van der Waals surface area contributed by atoms with Crippen molar-refractivity contribution in [1.29, 1.82) is 0 Å². The van der Waals surface area contributed by atoms with Crippen molar-refractivity contribution in [2.75, 3.05) is 0 Å². The number of hydrogen-bond donors (Lipinski definition) is 0. The topological polar surface area (TPSA) is 17.1 Å². The molecule has 1 unspecified atom stereocenters. The van der Waals surface area contributed by atoms with Gasteiger partial charge in [-0.1, -0.05) is 55.2 Å². The average molecular weight is 359 g/mol. The van der Waals surface area contributed by atoms with Crippen LogP contribution in [-0.4, -0.2) is 5.78 Å². The van der Waals surface area contributed by atoms with E-state index in [2.05, 4.69) is 63.4 Å². The lowest BCUT2D eigenvalue weighted by Gasteiger charge is -2.12. The molecule has 1 saturated carbocycles. The predicted molar refractivity (Wildman–Crippen MR) is 116 cm³/mol. The molecule has 1 aromatic carbocycles. The Balaban J connectivity index is 1.64. The molecule has 1 nitrogen and oxygen atoms in total. The molecule has 0 bridgehead atoms. The van der Waals surface area contributed by atoms with Crippen molar-refractivity contribution in [3.63, 3.8) is 0 Å². The van der Waals surface area contributed by atoms with Crippen LogP contribution in [0.3, 0.4) is 0 Å². The van der Waals surface area contributed by atoms with Crippen LogP contribution in [0.1, 0.15) is 55.7 Å². The highest BCUT2D eigenvalue weighted by molar-refractivity contribution is 5.75. The molecule has 2 aliphatic carbocycles. The van der Waals surface area contributed by atoms with Gasteiger partial charge >= 0.3 is 0 Å². The van der Waals surface area contributed by atoms with Crippen molar-refractivity contribution in [3.8, 4) is 0 Å². The van der Waals surface area contributed by atoms with Crippen LogP contribution in [0.2, 0.25) is 0 Å². The second-order valence-electron chi connectivity index (χ2n) is 8.09. The van der Waals surface area contributed by atoms with Crippen LogP contribution >= 0.6 is 0 Å². The first-order valence-corrected chi connectivity index (χ1v) is 9.89. The van der Waals surface area contributed by atoms with Gasteiger partial charge in [-0.2, -0.15) is 0 Å². The number of Topliss-reactive ketones (excluding diaryl/α,β-unsaturated/α-hetero) is 1. The Bertz CT molecular complexity index is 889. The summed E-state index contributed by atoms with van der Waals surface area (Å²) in [6.45, 7) is 14.6. The van der Waals surface area contributed by atoms with E-state index in [9.17, 15) is 4.79 Å². The summed E-state index contributed by atoms with van der Waals surface area (Å²) in [4.78, 5) is 11.2. The summed E-state index contributed by atoms with van der Waals surface area (Å²) < 4.78 is 0. The third-order valence-corrected chi connectivity index (χ3v) is 5.90. The summed E-state index contributed by atoms with van der Waals surface area (Å²) >= 11 is 0. The molecule has 1 atom stereocenters. The van der Waals surface area contributed by atoms with Gasteiger partial charge in [0, 0.05) is 12.3 Å². The molecular formula is C26H30O. The lowest BCUT2D eigenvalue weighted by atomic mass is 9.93. The minimum Gasteiger partial charge on any atom is -0.300 e. The van der Waals surface area contributed by atoms with Crippen LogP contribution < -0.4 is 0 Å². The van der Waals surface area contributed by atoms with Crippen molar-refractivity contribution >= 4 is 11.4 Å². The second-order valence-corrected chi connectivity index (χ2v) is 8.09. The molecule has 0 spiro atoms. The van der Waals surface area contributed by atoms with Crippen LogP contribution in [0, 0.1) is 19.8 Å². The van der Waals surface area contributed by atoms with Crippen molar-refractivity contribution in [2.24, 2.45) is 5.92 Å². The third kappa shape index (κ3) is 4.47. The zero-order valence-electron chi connectivity index (χ0n) is 16.9. The van der Waals surface area contributed by atoms with E-state index in [4.69, 9.17) is 0 Å². The first-order valence-electron chi connectivity index (χ1n) is 9.89. The van der Waals surface area contributed by atoms with E-state index in [1.165, 1.54) is 44.6 Å². The van der Waals surface area contributed by atoms with Gasteiger partial charge in [0.15, 0.2) is 0 Å². The minimum absolute atomic E-state index is 0.265. The molecule has 2 aliphatic rings. The van der Waals surface area contributed by atoms with Crippen molar-refractivity contribution < 1.29 is 4.79 Å². The smallest absolute Gasteiger partial charge is 0.129 e. The standard InChI is InChI=1S/C26H30O/c1-17-9-11-23(13-18(17)2)24-12-10-22(15-24)16-25-14-19(3)26(21(25)5)8-6-7-20(4)27/h9-13,16,26H,3,5-8,14-15H2,1-2,4H3/b25-16+. The minimum atomic E-state index is 0.265. The number of rotatable bonds is 6. The number of carbonyl (C=O) groups excluding carboxylic acids is 1. The van der Waals surface area contributed by atoms with Gasteiger partial charge in [-0.05, 0) is 85.4 Å². The first kappa shape index (κ1) is 19.4. The highest BCUT2D eigenvalue weighted by Gasteiger charge is 2.27. The molecule has 0 aliphatic heterocycles. The van der Waals surface area contributed by atoms with E-state index in [1.807, 2.05) is 0 Å². The van der Waals surface area contributed by atoms with Crippen LogP contribution in [0.25, 0.3) is 5.57 Å². The van der Waals surface area contributed by atoms with E-state index >= 15 is 0 Å². The molecule has 0 aromatic heterocycles. The lowest BCUT2D eigenvalue weighted by molar-refractivity contribution is -0.117. The van der Waals surface area contributed by atoms with Gasteiger partial charge in [0.25, 0.3) is 0 Å². The highest BCUT2D eigenvalue weighted by atomic mass is 16.1. The van der Waals surface area contributed by atoms with E-state index in [0.717, 1.165) is 25.7 Å². The Labute approximate surface area is 163 Å². The van der Waals surface area contributed by atoms with Crippen molar-refractivity contribution in [3.05, 3.63) is 88.6 Å². The maximum atomic E-state index is 11.2. The molecule has 0 amide bonds. The number of benzene rings is 1. The fourth-order valence-corrected chi connectivity index (χ4v) is 4.04. The van der Waals surface area contributed by atoms with Gasteiger partial charge < -0.3 is 4.79 Å². The number of ketones is 1. The quantitative estimate of drug-likeness (QED) is 0.509. The fraction of sp³-hybridized carbons (Fsp3) is 0.346. The van der Waals surface area contributed by atoms with Gasteiger partial charge in [0.05, 0.1) is 0 Å². The van der Waals surface area contributed by atoms with E-state index < -0.39 is 0 Å². The van der Waals surface area contributed by atoms with Crippen LogP contribution in [0.15, 0.2) is 71.9 Å². The largest absolute Gasteiger partial charge is 0.300 e. The van der Waals surface area contributed by atoms with Crippen LogP contribution in [0.4, 0.5) is 0 Å². The van der Waals surface area contributed by atoms with Gasteiger partial charge in [-0.25, -0.2) is 0 Å². The summed E-state index contributed by atoms with van der Waals surface area (Å²) in [5.41, 5.74) is 10.5. The molecule has 1 aromatic rings. The Hall–Kier alpha value is -2.41. The molecule has 0 heterocycles. The van der Waals surface area contributed by atoms with Gasteiger partial charge in [0.2, 0.25) is 0 Å². The number of hydrogen-bond acceptors (Lipinski definition) is 1. The molecule has 0 N–H and O–H groups in total. The monoisotopic (exact) mass is 358 g/mol. The van der Waals surface area contributed by atoms with Gasteiger partial charge in [-0.3, -0.25) is 0 Å². The molecule has 140 valence electrons. The molecule has 1 fully saturated rings. The average Bonchev–Trinajstić information content (AvgIpc) is 3.17. The van der Waals surface area contributed by atoms with E-state index in [0.29, 0.717) is 12.3 Å². The molecule has 1 heteroatoms. The fourth-order valence-electron chi connectivity index (χ4n) is 4.04. The molecular weight excluding hydrogens is 328 g/mol. The molecule has 3 rings (SSSR count). The predicted octanol–water partition coefficient (Wildman–Crippen LogP) is 6.83. The lowest BCUT2D eigenvalue weighted by Crippen LogP contribution is -2.00. The van der Waals surface area contributed by atoms with Gasteiger partial charge in [0.1, 0.15) is 5.78 Å². The summed E-state index contributed by atoms with van der Waals surface area (Å²) in [6.07, 6.45) is 11.2. The maximum absolute atomic E-state index is 11.2. The van der Waals surface area contributed by atoms with Crippen molar-refractivity contribution in [1.82, 2.24) is 0 Å². The van der Waals surface area contributed by atoms with Crippen LogP contribution in [0.5, 0.6) is 0 Å². The van der Waals surface area contributed by atoms with Crippen molar-refractivity contribution in [2.45, 2.75) is 52.9 Å².